The molecule has 2 aromatic carbocycles. The van der Waals surface area contributed by atoms with Crippen LogP contribution in [0.3, 0.4) is 0 Å². The van der Waals surface area contributed by atoms with Crippen LogP contribution in [0.1, 0.15) is 42.8 Å². The average molecular weight is 403 g/mol. The Hall–Kier alpha value is -2.34. The summed E-state index contributed by atoms with van der Waals surface area (Å²) in [6, 6.07) is 14.5. The van der Waals surface area contributed by atoms with Crippen LogP contribution in [0.25, 0.3) is 0 Å². The van der Waals surface area contributed by atoms with Gasteiger partial charge in [0.15, 0.2) is 6.29 Å². The van der Waals surface area contributed by atoms with Crippen molar-refractivity contribution < 1.29 is 24.5 Å². The molecule has 2 aromatic rings. The van der Waals surface area contributed by atoms with E-state index >= 15 is 0 Å². The second-order valence-electron chi connectivity index (χ2n) is 6.70. The van der Waals surface area contributed by atoms with Crippen molar-refractivity contribution in [1.82, 2.24) is 0 Å². The van der Waals surface area contributed by atoms with E-state index in [1.54, 1.807) is 18.2 Å². The number of benzene rings is 2. The molecule has 0 aromatic heterocycles. The van der Waals surface area contributed by atoms with Crippen molar-refractivity contribution >= 4 is 17.6 Å². The standard InChI is InChI=1S/C22H23ClO5/c23-18-11-6-4-9-16(18)22-27-14-15(8-2-1-3-13-20(25)26)21(28-22)17-10-5-7-12-19(17)24/h1-2,4-7,9-12,15,21-22,24H,3,8,13-14H2,(H,25,26)/b2-1+/t15-,21+,22+/m1/s1. The summed E-state index contributed by atoms with van der Waals surface area (Å²) in [5.41, 5.74) is 1.45. The van der Waals surface area contributed by atoms with E-state index in [-0.39, 0.29) is 24.2 Å². The molecule has 1 aliphatic heterocycles. The zero-order chi connectivity index (χ0) is 19.9. The number of aromatic hydroxyl groups is 1. The van der Waals surface area contributed by atoms with Gasteiger partial charge in [0, 0.05) is 28.5 Å². The van der Waals surface area contributed by atoms with E-state index in [9.17, 15) is 9.90 Å². The number of phenols is 1. The highest BCUT2D eigenvalue weighted by atomic mass is 35.5. The maximum absolute atomic E-state index is 10.6. The number of rotatable bonds is 7. The number of carboxylic acids is 1. The van der Waals surface area contributed by atoms with Crippen LogP contribution in [-0.2, 0) is 14.3 Å². The van der Waals surface area contributed by atoms with E-state index in [2.05, 4.69) is 0 Å². The third kappa shape index (κ3) is 5.13. The van der Waals surface area contributed by atoms with Gasteiger partial charge in [-0.25, -0.2) is 0 Å². The van der Waals surface area contributed by atoms with Crippen LogP contribution in [0.4, 0.5) is 0 Å². The minimum absolute atomic E-state index is 0.0203. The predicted octanol–water partition coefficient (Wildman–Crippen LogP) is 5.26. The SMILES string of the molecule is O=C(O)CC/C=C/C[C@@H]1CO[C@H](c2ccccc2Cl)O[C@@H]1c1ccccc1O. The molecule has 6 heteroatoms. The van der Waals surface area contributed by atoms with Gasteiger partial charge in [0.25, 0.3) is 0 Å². The summed E-state index contributed by atoms with van der Waals surface area (Å²) in [5, 5.41) is 19.6. The van der Waals surface area contributed by atoms with Gasteiger partial charge in [-0.15, -0.1) is 0 Å². The highest BCUT2D eigenvalue weighted by Gasteiger charge is 2.35. The molecular weight excluding hydrogens is 380 g/mol. The number of para-hydroxylation sites is 1. The van der Waals surface area contributed by atoms with Gasteiger partial charge >= 0.3 is 5.97 Å². The van der Waals surface area contributed by atoms with E-state index in [4.69, 9.17) is 26.2 Å². The Morgan fingerprint density at radius 2 is 1.82 bits per heavy atom. The van der Waals surface area contributed by atoms with Crippen molar-refractivity contribution in [1.29, 1.82) is 0 Å². The Morgan fingerprint density at radius 3 is 2.54 bits per heavy atom. The molecule has 0 radical (unpaired) electrons. The lowest BCUT2D eigenvalue weighted by Crippen LogP contribution is -2.30. The topological polar surface area (TPSA) is 76.0 Å². The van der Waals surface area contributed by atoms with Gasteiger partial charge in [-0.1, -0.05) is 60.2 Å². The lowest BCUT2D eigenvalue weighted by molar-refractivity contribution is -0.244. The van der Waals surface area contributed by atoms with E-state index in [0.29, 0.717) is 30.0 Å². The van der Waals surface area contributed by atoms with E-state index < -0.39 is 12.3 Å². The van der Waals surface area contributed by atoms with Gasteiger partial charge in [-0.3, -0.25) is 4.79 Å². The van der Waals surface area contributed by atoms with Gasteiger partial charge in [-0.05, 0) is 25.0 Å². The van der Waals surface area contributed by atoms with E-state index in [1.807, 2.05) is 42.5 Å². The molecule has 0 unspecified atom stereocenters. The predicted molar refractivity (Wildman–Crippen MR) is 106 cm³/mol. The minimum Gasteiger partial charge on any atom is -0.508 e. The van der Waals surface area contributed by atoms with Crippen molar-refractivity contribution in [2.75, 3.05) is 6.61 Å². The fourth-order valence-electron chi connectivity index (χ4n) is 3.25. The third-order valence-electron chi connectivity index (χ3n) is 4.69. The summed E-state index contributed by atoms with van der Waals surface area (Å²) in [5.74, 6) is -0.663. The second kappa shape index (κ2) is 9.73. The number of ether oxygens (including phenoxy) is 2. The lowest BCUT2D eigenvalue weighted by Gasteiger charge is -2.37. The zero-order valence-corrected chi connectivity index (χ0v) is 16.1. The van der Waals surface area contributed by atoms with Gasteiger partial charge in [0.05, 0.1) is 12.7 Å². The molecule has 148 valence electrons. The van der Waals surface area contributed by atoms with Crippen LogP contribution in [0.5, 0.6) is 5.75 Å². The monoisotopic (exact) mass is 402 g/mol. The Balaban J connectivity index is 1.77. The molecule has 0 amide bonds. The van der Waals surface area contributed by atoms with E-state index in [1.165, 1.54) is 0 Å². The quantitative estimate of drug-likeness (QED) is 0.618. The number of allylic oxidation sites excluding steroid dienone is 2. The summed E-state index contributed by atoms with van der Waals surface area (Å²) in [7, 11) is 0. The molecular formula is C22H23ClO5. The normalized spacial score (nSPS) is 22.4. The van der Waals surface area contributed by atoms with E-state index in [0.717, 1.165) is 5.56 Å². The second-order valence-corrected chi connectivity index (χ2v) is 7.11. The largest absolute Gasteiger partial charge is 0.508 e. The Labute approximate surface area is 169 Å². The molecule has 1 aliphatic rings. The van der Waals surface area contributed by atoms with Gasteiger partial charge in [-0.2, -0.15) is 0 Å². The van der Waals surface area contributed by atoms with Crippen LogP contribution in [0.2, 0.25) is 5.02 Å². The fraction of sp³-hybridized carbons (Fsp3) is 0.318. The highest BCUT2D eigenvalue weighted by Crippen LogP contribution is 2.43. The highest BCUT2D eigenvalue weighted by molar-refractivity contribution is 6.31. The number of carbonyl (C=O) groups is 1. The average Bonchev–Trinajstić information content (AvgIpc) is 2.68. The third-order valence-corrected chi connectivity index (χ3v) is 5.04. The molecule has 5 nitrogen and oxygen atoms in total. The zero-order valence-electron chi connectivity index (χ0n) is 15.3. The molecule has 1 fully saturated rings. The van der Waals surface area contributed by atoms with Gasteiger partial charge in [0.1, 0.15) is 5.75 Å². The molecule has 1 saturated heterocycles. The van der Waals surface area contributed by atoms with Crippen LogP contribution in [-0.4, -0.2) is 22.8 Å². The van der Waals surface area contributed by atoms with Crippen LogP contribution in [0.15, 0.2) is 60.7 Å². The molecule has 3 atom stereocenters. The number of hydrogen-bond donors (Lipinski definition) is 2. The first-order valence-corrected chi connectivity index (χ1v) is 9.60. The van der Waals surface area contributed by atoms with Crippen molar-refractivity contribution in [3.05, 3.63) is 76.8 Å². The smallest absolute Gasteiger partial charge is 0.303 e. The van der Waals surface area contributed by atoms with Crippen molar-refractivity contribution in [3.8, 4) is 5.75 Å². The van der Waals surface area contributed by atoms with Gasteiger partial charge in [0.2, 0.25) is 0 Å². The first kappa shape index (κ1) is 20.4. The number of aliphatic carboxylic acids is 1. The van der Waals surface area contributed by atoms with Crippen LogP contribution >= 0.6 is 11.6 Å². The number of phenolic OH excluding ortho intramolecular Hbond substituents is 1. The lowest BCUT2D eigenvalue weighted by atomic mass is 9.91. The number of halogens is 1. The Morgan fingerprint density at radius 1 is 1.11 bits per heavy atom. The molecule has 28 heavy (non-hydrogen) atoms. The number of carboxylic acid groups (broad SMARTS) is 1. The molecule has 3 rings (SSSR count). The molecule has 0 spiro atoms. The summed E-state index contributed by atoms with van der Waals surface area (Å²) in [6.45, 7) is 0.429. The molecule has 0 aliphatic carbocycles. The van der Waals surface area contributed by atoms with Crippen molar-refractivity contribution in [3.63, 3.8) is 0 Å². The van der Waals surface area contributed by atoms with Crippen LogP contribution in [0, 0.1) is 5.92 Å². The Kier molecular flexibility index (Phi) is 7.09. The summed E-state index contributed by atoms with van der Waals surface area (Å²) in [6.07, 6.45) is 4.04. The first-order chi connectivity index (χ1) is 13.6. The molecule has 0 bridgehead atoms. The first-order valence-electron chi connectivity index (χ1n) is 9.22. The van der Waals surface area contributed by atoms with Crippen LogP contribution < -0.4 is 0 Å². The fourth-order valence-corrected chi connectivity index (χ4v) is 3.48. The van der Waals surface area contributed by atoms with Crippen molar-refractivity contribution in [2.45, 2.75) is 31.7 Å². The Bertz CT molecular complexity index is 835. The maximum atomic E-state index is 10.6. The van der Waals surface area contributed by atoms with Gasteiger partial charge < -0.3 is 19.7 Å². The summed E-state index contributed by atoms with van der Waals surface area (Å²) < 4.78 is 12.2. The molecule has 2 N–H and O–H groups in total. The summed E-state index contributed by atoms with van der Waals surface area (Å²) >= 11 is 6.29. The number of hydrogen-bond acceptors (Lipinski definition) is 4. The summed E-state index contributed by atoms with van der Waals surface area (Å²) in [4.78, 5) is 10.6. The maximum Gasteiger partial charge on any atom is 0.303 e. The molecule has 0 saturated carbocycles. The minimum atomic E-state index is -0.816. The molecule has 1 heterocycles. The van der Waals surface area contributed by atoms with Crippen molar-refractivity contribution in [2.24, 2.45) is 5.92 Å².